The van der Waals surface area contributed by atoms with Gasteiger partial charge in [-0.3, -0.25) is 5.32 Å². The smallest absolute Gasteiger partial charge is 0.321 e. The fraction of sp³-hybridized carbons (Fsp3) is 0.407. The fourth-order valence-electron chi connectivity index (χ4n) is 3.09. The van der Waals surface area contributed by atoms with Gasteiger partial charge in [0, 0.05) is 5.56 Å². The van der Waals surface area contributed by atoms with E-state index in [0.717, 1.165) is 40.8 Å². The van der Waals surface area contributed by atoms with Crippen LogP contribution in [0.25, 0.3) is 10.2 Å². The van der Waals surface area contributed by atoms with Crippen molar-refractivity contribution >= 4 is 32.7 Å². The lowest BCUT2D eigenvalue weighted by molar-refractivity contribution is 0.190. The van der Waals surface area contributed by atoms with Crippen molar-refractivity contribution in [1.82, 2.24) is 10.3 Å². The van der Waals surface area contributed by atoms with Crippen LogP contribution < -0.4 is 15.4 Å². The van der Waals surface area contributed by atoms with Gasteiger partial charge in [-0.25, -0.2) is 9.78 Å². The number of amides is 2. The van der Waals surface area contributed by atoms with Gasteiger partial charge in [0.15, 0.2) is 5.13 Å². The zero-order valence-corrected chi connectivity index (χ0v) is 21.1. The van der Waals surface area contributed by atoms with E-state index in [-0.39, 0.29) is 12.1 Å². The molecule has 0 spiro atoms. The van der Waals surface area contributed by atoms with Crippen LogP contribution in [-0.4, -0.2) is 23.7 Å². The second-order valence-electron chi connectivity index (χ2n) is 7.62. The van der Waals surface area contributed by atoms with Crippen molar-refractivity contribution in [2.75, 3.05) is 11.9 Å². The average Bonchev–Trinajstić information content (AvgIpc) is 3.20. The molecule has 3 rings (SSSR count). The van der Waals surface area contributed by atoms with Crippen LogP contribution in [0, 0.1) is 11.8 Å². The number of carbonyl (C=O) groups is 1. The van der Waals surface area contributed by atoms with Crippen LogP contribution in [-0.2, 0) is 6.42 Å². The number of nitrogens with zero attached hydrogens (tertiary/aromatic N) is 1. The maximum atomic E-state index is 12.4. The molecule has 176 valence electrons. The van der Waals surface area contributed by atoms with Crippen molar-refractivity contribution in [3.63, 3.8) is 0 Å². The van der Waals surface area contributed by atoms with Crippen molar-refractivity contribution in [3.8, 4) is 17.6 Å². The Bertz CT molecular complexity index is 1080. The van der Waals surface area contributed by atoms with Crippen molar-refractivity contribution in [3.05, 3.63) is 53.6 Å². The minimum atomic E-state index is -0.286. The number of hydrogen-bond acceptors (Lipinski definition) is 4. The Balaban J connectivity index is 0.00000122. The van der Waals surface area contributed by atoms with E-state index < -0.39 is 0 Å². The van der Waals surface area contributed by atoms with Gasteiger partial charge in [-0.15, -0.1) is 5.92 Å². The van der Waals surface area contributed by atoms with E-state index in [0.29, 0.717) is 11.7 Å². The number of fused-ring (bicyclic) bond motifs is 1. The van der Waals surface area contributed by atoms with Crippen molar-refractivity contribution in [2.24, 2.45) is 0 Å². The molecule has 1 heterocycles. The molecule has 0 fully saturated rings. The first-order valence-corrected chi connectivity index (χ1v) is 12.5. The Labute approximate surface area is 202 Å². The van der Waals surface area contributed by atoms with Crippen LogP contribution >= 0.6 is 11.3 Å². The zero-order valence-electron chi connectivity index (χ0n) is 20.3. The predicted octanol–water partition coefficient (Wildman–Crippen LogP) is 7.02. The molecule has 1 aromatic heterocycles. The number of ether oxygens (including phenoxy) is 1. The monoisotopic (exact) mass is 465 g/mol. The van der Waals surface area contributed by atoms with Crippen LogP contribution in [0.3, 0.4) is 0 Å². The molecule has 0 saturated heterocycles. The normalized spacial score (nSPS) is 10.9. The lowest BCUT2D eigenvalue weighted by Crippen LogP contribution is -2.37. The number of nitrogens with one attached hydrogen (secondary N) is 2. The Morgan fingerprint density at radius 2 is 1.91 bits per heavy atom. The van der Waals surface area contributed by atoms with Crippen molar-refractivity contribution in [2.45, 2.75) is 66.4 Å². The lowest BCUT2D eigenvalue weighted by atomic mass is 10.1. The molecule has 1 atom stereocenters. The quantitative estimate of drug-likeness (QED) is 0.352. The summed E-state index contributed by atoms with van der Waals surface area (Å²) in [7, 11) is 0. The third kappa shape index (κ3) is 8.43. The van der Waals surface area contributed by atoms with E-state index in [4.69, 9.17) is 4.74 Å². The first-order valence-electron chi connectivity index (χ1n) is 11.7. The van der Waals surface area contributed by atoms with Gasteiger partial charge in [0.05, 0.1) is 16.8 Å². The average molecular weight is 466 g/mol. The van der Waals surface area contributed by atoms with Gasteiger partial charge in [-0.1, -0.05) is 76.0 Å². The van der Waals surface area contributed by atoms with E-state index in [1.807, 2.05) is 43.3 Å². The maximum absolute atomic E-state index is 12.4. The number of anilines is 1. The molecule has 2 aromatic carbocycles. The van der Waals surface area contributed by atoms with Crippen LogP contribution in [0.1, 0.15) is 65.0 Å². The molecule has 33 heavy (non-hydrogen) atoms. The summed E-state index contributed by atoms with van der Waals surface area (Å²) in [5.41, 5.74) is 2.99. The Kier molecular flexibility index (Phi) is 11.3. The third-order valence-corrected chi connectivity index (χ3v) is 5.54. The zero-order chi connectivity index (χ0) is 24.1. The number of benzene rings is 2. The molecule has 6 heteroatoms. The number of hydrogen-bond donors (Lipinski definition) is 2. The number of aromatic nitrogens is 1. The second-order valence-corrected chi connectivity index (χ2v) is 8.66. The number of para-hydroxylation sites is 1. The van der Waals surface area contributed by atoms with Gasteiger partial charge >= 0.3 is 6.03 Å². The van der Waals surface area contributed by atoms with Gasteiger partial charge in [0.2, 0.25) is 0 Å². The highest BCUT2D eigenvalue weighted by molar-refractivity contribution is 7.22. The van der Waals surface area contributed by atoms with Crippen LogP contribution in [0.4, 0.5) is 9.93 Å². The van der Waals surface area contributed by atoms with Crippen LogP contribution in [0.5, 0.6) is 5.75 Å². The third-order valence-electron chi connectivity index (χ3n) is 4.61. The van der Waals surface area contributed by atoms with Gasteiger partial charge in [-0.05, 0) is 49.6 Å². The highest BCUT2D eigenvalue weighted by Crippen LogP contribution is 2.26. The van der Waals surface area contributed by atoms with Crippen LogP contribution in [0.2, 0.25) is 0 Å². The first kappa shape index (κ1) is 26.2. The minimum Gasteiger partial charge on any atom is -0.488 e. The summed E-state index contributed by atoms with van der Waals surface area (Å²) in [5, 5.41) is 6.28. The molecule has 0 aliphatic carbocycles. The Morgan fingerprint density at radius 1 is 1.15 bits per heavy atom. The van der Waals surface area contributed by atoms with E-state index in [2.05, 4.69) is 61.2 Å². The molecule has 2 amide bonds. The maximum Gasteiger partial charge on any atom is 0.321 e. The Hall–Kier alpha value is -3.04. The molecular formula is C27H35N3O2S. The topological polar surface area (TPSA) is 63.2 Å². The van der Waals surface area contributed by atoms with Gasteiger partial charge in [0.25, 0.3) is 0 Å². The number of rotatable bonds is 8. The standard InChI is InChI=1S/C24H27N3O2S.C3H8/c1-4-9-17-13-14-20-22(15-17)30-24(26-20)27-23(28)25-16-19(6-3)29-21-12-8-7-11-18(21)10-5-2;1-3-2/h7-8,11-15,19H,5-6,10,16H2,1-3H3,(H2,25,26,27,28);3H2,1-2H3. The molecule has 0 bridgehead atoms. The molecule has 0 aliphatic heterocycles. The van der Waals surface area contributed by atoms with E-state index >= 15 is 0 Å². The highest BCUT2D eigenvalue weighted by atomic mass is 32.1. The number of carbonyl (C=O) groups excluding carboxylic acids is 1. The number of urea groups is 1. The summed E-state index contributed by atoms with van der Waals surface area (Å²) in [6, 6.07) is 13.6. The highest BCUT2D eigenvalue weighted by Gasteiger charge is 2.14. The lowest BCUT2D eigenvalue weighted by Gasteiger charge is -2.20. The first-order chi connectivity index (χ1) is 16.0. The van der Waals surface area contributed by atoms with E-state index in [1.165, 1.54) is 23.3 Å². The summed E-state index contributed by atoms with van der Waals surface area (Å²) in [6.45, 7) is 10.7. The second kappa shape index (κ2) is 14.2. The van der Waals surface area contributed by atoms with Crippen molar-refractivity contribution in [1.29, 1.82) is 0 Å². The Morgan fingerprint density at radius 3 is 2.61 bits per heavy atom. The summed E-state index contributed by atoms with van der Waals surface area (Å²) in [4.78, 5) is 16.8. The minimum absolute atomic E-state index is 0.0979. The fourth-order valence-corrected chi connectivity index (χ4v) is 3.99. The molecule has 0 radical (unpaired) electrons. The number of aryl methyl sites for hydroxylation is 1. The molecule has 3 aromatic rings. The summed E-state index contributed by atoms with van der Waals surface area (Å²) in [5.74, 6) is 6.82. The summed E-state index contributed by atoms with van der Waals surface area (Å²) < 4.78 is 7.16. The van der Waals surface area contributed by atoms with E-state index in [1.54, 1.807) is 0 Å². The summed E-state index contributed by atoms with van der Waals surface area (Å²) >= 11 is 1.43. The molecular weight excluding hydrogens is 430 g/mol. The van der Waals surface area contributed by atoms with Crippen molar-refractivity contribution < 1.29 is 9.53 Å². The SMILES string of the molecule is CC#Cc1ccc2nc(NC(=O)NCC(CC)Oc3ccccc3CCC)sc2c1.CCC. The number of thiazole rings is 1. The van der Waals surface area contributed by atoms with Gasteiger partial charge in [-0.2, -0.15) is 0 Å². The largest absolute Gasteiger partial charge is 0.488 e. The molecule has 0 saturated carbocycles. The predicted molar refractivity (Wildman–Crippen MR) is 140 cm³/mol. The summed E-state index contributed by atoms with van der Waals surface area (Å²) in [6.07, 6.45) is 3.98. The molecule has 0 aliphatic rings. The molecule has 2 N–H and O–H groups in total. The van der Waals surface area contributed by atoms with Gasteiger partial charge in [0.1, 0.15) is 11.9 Å². The van der Waals surface area contributed by atoms with Gasteiger partial charge < -0.3 is 10.1 Å². The van der Waals surface area contributed by atoms with E-state index in [9.17, 15) is 4.79 Å². The molecule has 1 unspecified atom stereocenters. The van der Waals surface area contributed by atoms with Crippen LogP contribution in [0.15, 0.2) is 42.5 Å². The molecule has 5 nitrogen and oxygen atoms in total.